The van der Waals surface area contributed by atoms with Crippen molar-refractivity contribution in [3.63, 3.8) is 0 Å². The average Bonchev–Trinajstić information content (AvgIpc) is 2.33. The zero-order valence-corrected chi connectivity index (χ0v) is 10.8. The zero-order chi connectivity index (χ0) is 14.3. The Kier molecular flexibility index (Phi) is 6.14. The van der Waals surface area contributed by atoms with Crippen LogP contribution in [0.2, 0.25) is 0 Å². The first-order chi connectivity index (χ1) is 8.90. The molecule has 0 radical (unpaired) electrons. The third kappa shape index (κ3) is 7.05. The highest BCUT2D eigenvalue weighted by Gasteiger charge is 2.32. The van der Waals surface area contributed by atoms with Gasteiger partial charge in [0.25, 0.3) is 0 Å². The number of carbonyl (C=O) groups excluding carboxylic acids is 1. The van der Waals surface area contributed by atoms with E-state index in [2.05, 4.69) is 17.2 Å². The molecule has 0 aliphatic carbocycles. The fourth-order valence-corrected chi connectivity index (χ4v) is 2.07. The van der Waals surface area contributed by atoms with Gasteiger partial charge in [-0.15, -0.1) is 6.58 Å². The third-order valence-corrected chi connectivity index (χ3v) is 3.07. The number of nitrogens with one attached hydrogen (secondary N) is 2. The van der Waals surface area contributed by atoms with Crippen molar-refractivity contribution >= 4 is 6.03 Å². The fourth-order valence-electron chi connectivity index (χ4n) is 2.07. The molecular weight excluding hydrogens is 259 g/mol. The molecular formula is C12H20F3N3O. The molecule has 4 nitrogen and oxygen atoms in total. The summed E-state index contributed by atoms with van der Waals surface area (Å²) < 4.78 is 36.6. The molecule has 7 heteroatoms. The summed E-state index contributed by atoms with van der Waals surface area (Å²) in [6, 6.07) is -0.266. The lowest BCUT2D eigenvalue weighted by molar-refractivity contribution is -0.148. The van der Waals surface area contributed by atoms with E-state index in [9.17, 15) is 18.0 Å². The van der Waals surface area contributed by atoms with Gasteiger partial charge in [-0.1, -0.05) is 6.08 Å². The summed E-state index contributed by atoms with van der Waals surface area (Å²) in [6.07, 6.45) is -1.19. The normalized spacial score (nSPS) is 18.1. The van der Waals surface area contributed by atoms with E-state index in [0.29, 0.717) is 39.0 Å². The van der Waals surface area contributed by atoms with Crippen LogP contribution in [0.3, 0.4) is 0 Å². The van der Waals surface area contributed by atoms with Gasteiger partial charge in [0.1, 0.15) is 0 Å². The van der Waals surface area contributed by atoms with Crippen molar-refractivity contribution in [1.29, 1.82) is 0 Å². The van der Waals surface area contributed by atoms with Crippen LogP contribution in [-0.4, -0.2) is 49.8 Å². The van der Waals surface area contributed by atoms with E-state index >= 15 is 0 Å². The number of piperidine rings is 1. The Morgan fingerprint density at radius 2 is 1.95 bits per heavy atom. The van der Waals surface area contributed by atoms with Gasteiger partial charge < -0.3 is 10.6 Å². The van der Waals surface area contributed by atoms with E-state index < -0.39 is 12.7 Å². The number of hydrogen-bond donors (Lipinski definition) is 2. The van der Waals surface area contributed by atoms with Crippen LogP contribution in [0.5, 0.6) is 0 Å². The molecule has 0 aromatic carbocycles. The molecule has 0 saturated carbocycles. The van der Waals surface area contributed by atoms with Crippen molar-refractivity contribution in [3.05, 3.63) is 12.7 Å². The Hall–Kier alpha value is -1.24. The number of likely N-dealkylation sites (tertiary alicyclic amines) is 1. The Bertz CT molecular complexity index is 299. The van der Waals surface area contributed by atoms with Crippen LogP contribution in [0.25, 0.3) is 0 Å². The smallest absolute Gasteiger partial charge is 0.338 e. The number of halogens is 3. The van der Waals surface area contributed by atoms with Crippen LogP contribution in [0.4, 0.5) is 18.0 Å². The zero-order valence-electron chi connectivity index (χ0n) is 10.8. The van der Waals surface area contributed by atoms with Crippen molar-refractivity contribution in [2.24, 2.45) is 5.92 Å². The predicted octanol–water partition coefficient (Wildman–Crippen LogP) is 1.75. The number of rotatable bonds is 5. The topological polar surface area (TPSA) is 44.4 Å². The van der Waals surface area contributed by atoms with Crippen molar-refractivity contribution in [2.45, 2.75) is 19.0 Å². The molecule has 0 aromatic heterocycles. The van der Waals surface area contributed by atoms with Crippen LogP contribution in [0, 0.1) is 5.92 Å². The van der Waals surface area contributed by atoms with Crippen molar-refractivity contribution < 1.29 is 18.0 Å². The van der Waals surface area contributed by atoms with Crippen LogP contribution in [-0.2, 0) is 0 Å². The molecule has 1 heterocycles. The number of alkyl halides is 3. The highest BCUT2D eigenvalue weighted by molar-refractivity contribution is 5.73. The van der Waals surface area contributed by atoms with Gasteiger partial charge in [-0.2, -0.15) is 13.2 Å². The van der Waals surface area contributed by atoms with Crippen LogP contribution < -0.4 is 10.6 Å². The summed E-state index contributed by atoms with van der Waals surface area (Å²) in [5, 5.41) is 5.30. The molecule has 1 saturated heterocycles. The molecule has 19 heavy (non-hydrogen) atoms. The third-order valence-electron chi connectivity index (χ3n) is 3.07. The first-order valence-corrected chi connectivity index (χ1v) is 6.32. The van der Waals surface area contributed by atoms with E-state index in [1.165, 1.54) is 4.90 Å². The summed E-state index contributed by atoms with van der Waals surface area (Å²) in [5.74, 6) is 0.249. The molecule has 0 bridgehead atoms. The lowest BCUT2D eigenvalue weighted by atomic mass is 9.97. The molecule has 1 aliphatic rings. The molecule has 0 spiro atoms. The number of hydrogen-bond acceptors (Lipinski definition) is 2. The van der Waals surface area contributed by atoms with Gasteiger partial charge in [0.15, 0.2) is 0 Å². The second kappa shape index (κ2) is 7.37. The molecule has 0 atom stereocenters. The molecule has 0 unspecified atom stereocenters. The average molecular weight is 279 g/mol. The maximum absolute atomic E-state index is 12.2. The fraction of sp³-hybridized carbons (Fsp3) is 0.750. The standard InChI is InChI=1S/C12H20F3N3O/c1-2-5-16-11(19)17-8-10-3-6-18(7-4-10)9-12(13,14)15/h2,10H,1,3-9H2,(H2,16,17,19). The van der Waals surface area contributed by atoms with Crippen molar-refractivity contribution in [2.75, 3.05) is 32.7 Å². The van der Waals surface area contributed by atoms with Crippen LogP contribution >= 0.6 is 0 Å². The quantitative estimate of drug-likeness (QED) is 0.753. The van der Waals surface area contributed by atoms with Crippen molar-refractivity contribution in [1.82, 2.24) is 15.5 Å². The van der Waals surface area contributed by atoms with Gasteiger partial charge in [-0.3, -0.25) is 4.90 Å². The largest absolute Gasteiger partial charge is 0.401 e. The molecule has 1 fully saturated rings. The molecule has 1 aliphatic heterocycles. The van der Waals surface area contributed by atoms with E-state index in [0.717, 1.165) is 0 Å². The summed E-state index contributed by atoms with van der Waals surface area (Å²) >= 11 is 0. The second-order valence-corrected chi connectivity index (χ2v) is 4.71. The monoisotopic (exact) mass is 279 g/mol. The molecule has 2 amide bonds. The molecule has 110 valence electrons. The SMILES string of the molecule is C=CCNC(=O)NCC1CCN(CC(F)(F)F)CC1. The minimum atomic E-state index is -4.13. The summed E-state index contributed by atoms with van der Waals surface area (Å²) in [5.41, 5.74) is 0. The van der Waals surface area contributed by atoms with Gasteiger partial charge in [0.2, 0.25) is 0 Å². The van der Waals surface area contributed by atoms with Gasteiger partial charge in [0.05, 0.1) is 6.54 Å². The van der Waals surface area contributed by atoms with E-state index in [1.807, 2.05) is 0 Å². The lowest BCUT2D eigenvalue weighted by Gasteiger charge is -2.32. The maximum atomic E-state index is 12.2. The van der Waals surface area contributed by atoms with Crippen LogP contribution in [0.1, 0.15) is 12.8 Å². The van der Waals surface area contributed by atoms with Gasteiger partial charge in [0, 0.05) is 13.1 Å². The van der Waals surface area contributed by atoms with E-state index in [4.69, 9.17) is 0 Å². The van der Waals surface area contributed by atoms with Gasteiger partial charge in [-0.25, -0.2) is 4.79 Å². The lowest BCUT2D eigenvalue weighted by Crippen LogP contribution is -2.44. The summed E-state index contributed by atoms with van der Waals surface area (Å²) in [7, 11) is 0. The number of urea groups is 1. The Morgan fingerprint density at radius 1 is 1.32 bits per heavy atom. The first-order valence-electron chi connectivity index (χ1n) is 6.32. The van der Waals surface area contributed by atoms with E-state index in [-0.39, 0.29) is 11.9 Å². The number of nitrogens with zero attached hydrogens (tertiary/aromatic N) is 1. The minimum Gasteiger partial charge on any atom is -0.338 e. The predicted molar refractivity (Wildman–Crippen MR) is 66.8 cm³/mol. The van der Waals surface area contributed by atoms with Crippen LogP contribution in [0.15, 0.2) is 12.7 Å². The highest BCUT2D eigenvalue weighted by Crippen LogP contribution is 2.21. The Labute approximate surface area is 111 Å². The Balaban J connectivity index is 2.16. The van der Waals surface area contributed by atoms with Gasteiger partial charge in [-0.05, 0) is 31.8 Å². The van der Waals surface area contributed by atoms with Crippen molar-refractivity contribution in [3.8, 4) is 0 Å². The van der Waals surface area contributed by atoms with Gasteiger partial charge >= 0.3 is 12.2 Å². The number of amides is 2. The highest BCUT2D eigenvalue weighted by atomic mass is 19.4. The maximum Gasteiger partial charge on any atom is 0.401 e. The number of carbonyl (C=O) groups is 1. The second-order valence-electron chi connectivity index (χ2n) is 4.71. The first kappa shape index (κ1) is 15.8. The molecule has 2 N–H and O–H groups in total. The molecule has 1 rings (SSSR count). The Morgan fingerprint density at radius 3 is 2.47 bits per heavy atom. The summed E-state index contributed by atoms with van der Waals surface area (Å²) in [4.78, 5) is 12.7. The van der Waals surface area contributed by atoms with E-state index in [1.54, 1.807) is 6.08 Å². The summed E-state index contributed by atoms with van der Waals surface area (Å²) in [6.45, 7) is 4.40. The minimum absolute atomic E-state index is 0.249. The molecule has 0 aromatic rings.